The predicted octanol–water partition coefficient (Wildman–Crippen LogP) is 0.649. The maximum absolute atomic E-state index is 8.34. The Hall–Kier alpha value is -1.08. The number of nitrogens with zero attached hydrogens (tertiary/aromatic N) is 2. The smallest absolute Gasteiger partial charge is 0.233 e. The van der Waals surface area contributed by atoms with Crippen LogP contribution in [0.25, 0.3) is 0 Å². The van der Waals surface area contributed by atoms with E-state index in [1.54, 1.807) is 0 Å². The molecule has 0 aromatic heterocycles. The van der Waals surface area contributed by atoms with Crippen LogP contribution in [0.5, 0.6) is 0 Å². The van der Waals surface area contributed by atoms with E-state index in [-0.39, 0.29) is 6.29 Å². The molecule has 1 atom stereocenters. The summed E-state index contributed by atoms with van der Waals surface area (Å²) in [6, 6.07) is 1.90. The third kappa shape index (κ3) is 1.45. The SMILES string of the molecule is CCO[C@@H]1CC(C#N)=NO1. The lowest BCUT2D eigenvalue weighted by Crippen LogP contribution is -2.11. The van der Waals surface area contributed by atoms with E-state index in [0.29, 0.717) is 18.7 Å². The van der Waals surface area contributed by atoms with Gasteiger partial charge in [0, 0.05) is 6.61 Å². The second-order valence-corrected chi connectivity index (χ2v) is 1.84. The van der Waals surface area contributed by atoms with Crippen LogP contribution in [0.3, 0.4) is 0 Å². The second kappa shape index (κ2) is 3.18. The van der Waals surface area contributed by atoms with Gasteiger partial charge in [-0.15, -0.1) is 0 Å². The molecule has 1 rings (SSSR count). The zero-order valence-electron chi connectivity index (χ0n) is 5.70. The number of hydrogen-bond donors (Lipinski definition) is 0. The van der Waals surface area contributed by atoms with Crippen molar-refractivity contribution in [3.8, 4) is 6.07 Å². The quantitative estimate of drug-likeness (QED) is 0.565. The maximum Gasteiger partial charge on any atom is 0.233 e. The molecule has 10 heavy (non-hydrogen) atoms. The lowest BCUT2D eigenvalue weighted by atomic mass is 10.3. The Bertz CT molecular complexity index is 183. The third-order valence-electron chi connectivity index (χ3n) is 1.12. The Kier molecular flexibility index (Phi) is 2.24. The van der Waals surface area contributed by atoms with Crippen LogP contribution < -0.4 is 0 Å². The minimum atomic E-state index is -0.334. The van der Waals surface area contributed by atoms with Gasteiger partial charge in [0.2, 0.25) is 6.29 Å². The summed E-state index contributed by atoms with van der Waals surface area (Å²) >= 11 is 0. The highest BCUT2D eigenvalue weighted by atomic mass is 16.8. The summed E-state index contributed by atoms with van der Waals surface area (Å²) in [4.78, 5) is 4.74. The fraction of sp³-hybridized carbons (Fsp3) is 0.667. The van der Waals surface area contributed by atoms with Crippen LogP contribution >= 0.6 is 0 Å². The molecule has 4 nitrogen and oxygen atoms in total. The molecular weight excluding hydrogens is 132 g/mol. The van der Waals surface area contributed by atoms with Crippen molar-refractivity contribution in [1.82, 2.24) is 0 Å². The minimum absolute atomic E-state index is 0.334. The van der Waals surface area contributed by atoms with Gasteiger partial charge in [-0.2, -0.15) is 5.26 Å². The van der Waals surface area contributed by atoms with Gasteiger partial charge in [0.25, 0.3) is 0 Å². The molecule has 0 radical (unpaired) electrons. The monoisotopic (exact) mass is 140 g/mol. The lowest BCUT2D eigenvalue weighted by molar-refractivity contribution is -0.120. The summed E-state index contributed by atoms with van der Waals surface area (Å²) in [5.74, 6) is 0. The molecule has 0 unspecified atom stereocenters. The van der Waals surface area contributed by atoms with Crippen molar-refractivity contribution in [2.75, 3.05) is 6.61 Å². The molecule has 0 aromatic carbocycles. The highest BCUT2D eigenvalue weighted by Crippen LogP contribution is 2.10. The van der Waals surface area contributed by atoms with Crippen molar-refractivity contribution in [3.63, 3.8) is 0 Å². The highest BCUT2D eigenvalue weighted by molar-refractivity contribution is 5.98. The van der Waals surface area contributed by atoms with Gasteiger partial charge in [0.05, 0.1) is 6.42 Å². The molecule has 54 valence electrons. The van der Waals surface area contributed by atoms with Crippen LogP contribution in [-0.4, -0.2) is 18.6 Å². The average molecular weight is 140 g/mol. The van der Waals surface area contributed by atoms with Gasteiger partial charge in [-0.1, -0.05) is 5.16 Å². The average Bonchev–Trinajstić information content (AvgIpc) is 2.37. The van der Waals surface area contributed by atoms with Gasteiger partial charge in [-0.05, 0) is 6.92 Å². The van der Waals surface area contributed by atoms with Crippen LogP contribution in [-0.2, 0) is 9.57 Å². The molecule has 1 aliphatic rings. The van der Waals surface area contributed by atoms with Crippen LogP contribution in [0.2, 0.25) is 0 Å². The van der Waals surface area contributed by atoms with Gasteiger partial charge >= 0.3 is 0 Å². The first-order chi connectivity index (χ1) is 4.86. The van der Waals surface area contributed by atoms with Gasteiger partial charge < -0.3 is 9.57 Å². The molecule has 4 heteroatoms. The van der Waals surface area contributed by atoms with Gasteiger partial charge in [0.1, 0.15) is 6.07 Å². The van der Waals surface area contributed by atoms with E-state index >= 15 is 0 Å². The molecule has 0 fully saturated rings. The molecule has 1 heterocycles. The second-order valence-electron chi connectivity index (χ2n) is 1.84. The zero-order valence-corrected chi connectivity index (χ0v) is 5.70. The van der Waals surface area contributed by atoms with Crippen molar-refractivity contribution >= 4 is 5.71 Å². The Balaban J connectivity index is 2.31. The van der Waals surface area contributed by atoms with Gasteiger partial charge in [-0.3, -0.25) is 0 Å². The number of rotatable bonds is 2. The Morgan fingerprint density at radius 1 is 2.00 bits per heavy atom. The minimum Gasteiger partial charge on any atom is -0.362 e. The molecule has 0 saturated heterocycles. The molecule has 0 spiro atoms. The fourth-order valence-corrected chi connectivity index (χ4v) is 0.696. The van der Waals surface area contributed by atoms with Crippen molar-refractivity contribution in [1.29, 1.82) is 5.26 Å². The Morgan fingerprint density at radius 2 is 2.80 bits per heavy atom. The van der Waals surface area contributed by atoms with Crippen LogP contribution in [0.4, 0.5) is 0 Å². The Labute approximate surface area is 59.0 Å². The topological polar surface area (TPSA) is 54.6 Å². The molecule has 0 saturated carbocycles. The van der Waals surface area contributed by atoms with Crippen LogP contribution in [0.1, 0.15) is 13.3 Å². The molecule has 1 aliphatic heterocycles. The first-order valence-electron chi connectivity index (χ1n) is 3.11. The molecule has 0 aliphatic carbocycles. The van der Waals surface area contributed by atoms with E-state index in [9.17, 15) is 0 Å². The normalized spacial score (nSPS) is 23.2. The summed E-state index contributed by atoms with van der Waals surface area (Å²) < 4.78 is 5.05. The molecule has 0 amide bonds. The molecular formula is C6H8N2O2. The van der Waals surface area contributed by atoms with E-state index in [2.05, 4.69) is 5.16 Å². The standard InChI is InChI=1S/C6H8N2O2/c1-2-9-6-3-5(4-7)8-10-6/h6H,2-3H2,1H3/t6-/m0/s1. The maximum atomic E-state index is 8.34. The van der Waals surface area contributed by atoms with E-state index in [1.807, 2.05) is 13.0 Å². The number of oxime groups is 1. The van der Waals surface area contributed by atoms with E-state index in [4.69, 9.17) is 14.8 Å². The van der Waals surface area contributed by atoms with Gasteiger partial charge in [0.15, 0.2) is 5.71 Å². The van der Waals surface area contributed by atoms with Crippen molar-refractivity contribution in [2.45, 2.75) is 19.6 Å². The van der Waals surface area contributed by atoms with Crippen LogP contribution in [0.15, 0.2) is 5.16 Å². The predicted molar refractivity (Wildman–Crippen MR) is 34.2 cm³/mol. The summed E-state index contributed by atoms with van der Waals surface area (Å²) in [7, 11) is 0. The summed E-state index contributed by atoms with van der Waals surface area (Å²) in [5.41, 5.74) is 0.401. The first kappa shape index (κ1) is 7.03. The number of ether oxygens (including phenoxy) is 1. The van der Waals surface area contributed by atoms with E-state index < -0.39 is 0 Å². The summed E-state index contributed by atoms with van der Waals surface area (Å²) in [5, 5.41) is 11.8. The molecule has 0 N–H and O–H groups in total. The Morgan fingerprint density at radius 3 is 3.30 bits per heavy atom. The fourth-order valence-electron chi connectivity index (χ4n) is 0.696. The number of nitriles is 1. The van der Waals surface area contributed by atoms with Crippen molar-refractivity contribution in [3.05, 3.63) is 0 Å². The highest BCUT2D eigenvalue weighted by Gasteiger charge is 2.19. The van der Waals surface area contributed by atoms with Crippen molar-refractivity contribution < 1.29 is 9.57 Å². The van der Waals surface area contributed by atoms with Crippen LogP contribution in [0, 0.1) is 11.3 Å². The molecule has 0 aromatic rings. The van der Waals surface area contributed by atoms with E-state index in [0.717, 1.165) is 0 Å². The summed E-state index contributed by atoms with van der Waals surface area (Å²) in [6.07, 6.45) is 0.143. The lowest BCUT2D eigenvalue weighted by Gasteiger charge is -2.05. The van der Waals surface area contributed by atoms with E-state index in [1.165, 1.54) is 0 Å². The third-order valence-corrected chi connectivity index (χ3v) is 1.12. The number of hydrogen-bond acceptors (Lipinski definition) is 4. The zero-order chi connectivity index (χ0) is 7.40. The first-order valence-corrected chi connectivity index (χ1v) is 3.11. The molecule has 0 bridgehead atoms. The largest absolute Gasteiger partial charge is 0.362 e. The van der Waals surface area contributed by atoms with Crippen molar-refractivity contribution in [2.24, 2.45) is 5.16 Å². The van der Waals surface area contributed by atoms with Gasteiger partial charge in [-0.25, -0.2) is 0 Å². The summed E-state index contributed by atoms with van der Waals surface area (Å²) in [6.45, 7) is 2.45.